The highest BCUT2D eigenvalue weighted by Gasteiger charge is 2.43. The van der Waals surface area contributed by atoms with E-state index in [1.807, 2.05) is 6.20 Å². The van der Waals surface area contributed by atoms with Crippen molar-refractivity contribution in [2.75, 3.05) is 21.3 Å². The van der Waals surface area contributed by atoms with Crippen molar-refractivity contribution in [2.24, 2.45) is 0 Å². The highest BCUT2D eigenvalue weighted by atomic mass is 28.4. The summed E-state index contributed by atoms with van der Waals surface area (Å²) in [6.07, 6.45) is 5.92. The molecule has 1 heterocycles. The maximum Gasteiger partial charge on any atom is 0.569 e. The first-order valence-electron chi connectivity index (χ1n) is 6.25. The monoisotopic (exact) mass is 270 g/mol. The topological polar surface area (TPSA) is 31.6 Å². The van der Waals surface area contributed by atoms with E-state index < -0.39 is 8.80 Å². The second-order valence-corrected chi connectivity index (χ2v) is 7.32. The second-order valence-electron chi connectivity index (χ2n) is 4.41. The SMILES string of the molecule is CCC(C)c1ccc[n+](C[Si](OC)(OC)OC)c1. The molecule has 0 aliphatic rings. The fraction of sp³-hybridized carbons (Fsp3) is 0.615. The lowest BCUT2D eigenvalue weighted by Crippen LogP contribution is -2.56. The summed E-state index contributed by atoms with van der Waals surface area (Å²) in [4.78, 5) is 0. The van der Waals surface area contributed by atoms with E-state index in [4.69, 9.17) is 13.3 Å². The zero-order valence-corrected chi connectivity index (χ0v) is 13.0. The van der Waals surface area contributed by atoms with Gasteiger partial charge >= 0.3 is 8.80 Å². The van der Waals surface area contributed by atoms with E-state index in [1.165, 1.54) is 5.56 Å². The van der Waals surface area contributed by atoms with Crippen molar-refractivity contribution in [1.29, 1.82) is 0 Å². The molecule has 1 unspecified atom stereocenters. The fourth-order valence-electron chi connectivity index (χ4n) is 1.84. The Kier molecular flexibility index (Phi) is 5.94. The molecular formula is C13H24NO3Si+. The minimum Gasteiger partial charge on any atom is -0.373 e. The van der Waals surface area contributed by atoms with Gasteiger partial charge in [0.05, 0.1) is 0 Å². The van der Waals surface area contributed by atoms with Crippen LogP contribution in [0.5, 0.6) is 0 Å². The second kappa shape index (κ2) is 6.99. The summed E-state index contributed by atoms with van der Waals surface area (Å²) in [5.74, 6) is 0.557. The number of pyridine rings is 1. The van der Waals surface area contributed by atoms with Gasteiger partial charge in [-0.2, -0.15) is 4.57 Å². The van der Waals surface area contributed by atoms with Crippen LogP contribution < -0.4 is 4.57 Å². The van der Waals surface area contributed by atoms with E-state index in [0.29, 0.717) is 12.1 Å². The van der Waals surface area contributed by atoms with Crippen molar-refractivity contribution < 1.29 is 17.8 Å². The van der Waals surface area contributed by atoms with Crippen LogP contribution in [0.25, 0.3) is 0 Å². The van der Waals surface area contributed by atoms with Crippen LogP contribution in [-0.4, -0.2) is 30.1 Å². The minimum absolute atomic E-state index is 0.557. The molecule has 4 nitrogen and oxygen atoms in total. The highest BCUT2D eigenvalue weighted by Crippen LogP contribution is 2.16. The summed E-state index contributed by atoms with van der Waals surface area (Å²) in [5, 5.41) is 0. The van der Waals surface area contributed by atoms with Crippen molar-refractivity contribution in [3.05, 3.63) is 30.1 Å². The van der Waals surface area contributed by atoms with E-state index in [9.17, 15) is 0 Å². The third-order valence-corrected chi connectivity index (χ3v) is 5.99. The van der Waals surface area contributed by atoms with Crippen LogP contribution >= 0.6 is 0 Å². The number of hydrogen-bond acceptors (Lipinski definition) is 3. The van der Waals surface area contributed by atoms with Crippen molar-refractivity contribution in [2.45, 2.75) is 32.4 Å². The molecule has 1 atom stereocenters. The van der Waals surface area contributed by atoms with E-state index in [-0.39, 0.29) is 0 Å². The summed E-state index contributed by atoms with van der Waals surface area (Å²) in [6, 6.07) is 4.21. The van der Waals surface area contributed by atoms with Gasteiger partial charge < -0.3 is 13.3 Å². The van der Waals surface area contributed by atoms with Gasteiger partial charge in [-0.05, 0) is 18.4 Å². The van der Waals surface area contributed by atoms with Gasteiger partial charge in [0.1, 0.15) is 0 Å². The molecular weight excluding hydrogens is 246 g/mol. The maximum absolute atomic E-state index is 5.44. The first-order chi connectivity index (χ1) is 8.60. The molecule has 0 saturated carbocycles. The zero-order chi connectivity index (χ0) is 13.6. The fourth-order valence-corrected chi connectivity index (χ4v) is 3.37. The van der Waals surface area contributed by atoms with Gasteiger partial charge in [0, 0.05) is 33.0 Å². The van der Waals surface area contributed by atoms with Crippen LogP contribution in [0.4, 0.5) is 0 Å². The maximum atomic E-state index is 5.44. The van der Waals surface area contributed by atoms with Gasteiger partial charge in [0.25, 0.3) is 0 Å². The Morgan fingerprint density at radius 2 is 1.83 bits per heavy atom. The standard InChI is InChI=1S/C13H24NO3Si/c1-6-12(2)13-8-7-9-14(10-13)11-18(15-3,16-4)17-5/h7-10,12H,6,11H2,1-5H3/q+1. The van der Waals surface area contributed by atoms with E-state index >= 15 is 0 Å². The number of aromatic nitrogens is 1. The summed E-state index contributed by atoms with van der Waals surface area (Å²) in [6.45, 7) is 4.42. The third-order valence-electron chi connectivity index (χ3n) is 3.37. The van der Waals surface area contributed by atoms with Crippen LogP contribution in [0.15, 0.2) is 24.5 Å². The van der Waals surface area contributed by atoms with Crippen LogP contribution in [0.3, 0.4) is 0 Å². The van der Waals surface area contributed by atoms with Gasteiger partial charge in [0.15, 0.2) is 12.4 Å². The highest BCUT2D eigenvalue weighted by molar-refractivity contribution is 6.58. The Labute approximate surface area is 111 Å². The molecule has 0 saturated heterocycles. The largest absolute Gasteiger partial charge is 0.569 e. The molecule has 0 aliphatic heterocycles. The van der Waals surface area contributed by atoms with Crippen molar-refractivity contribution in [3.63, 3.8) is 0 Å². The third kappa shape index (κ3) is 3.62. The quantitative estimate of drug-likeness (QED) is 0.560. The first kappa shape index (κ1) is 15.3. The molecule has 0 N–H and O–H groups in total. The molecule has 0 radical (unpaired) electrons. The van der Waals surface area contributed by atoms with Gasteiger partial charge in [-0.25, -0.2) is 0 Å². The molecule has 1 rings (SSSR count). The molecule has 5 heteroatoms. The number of rotatable bonds is 7. The summed E-state index contributed by atoms with van der Waals surface area (Å²) in [5.41, 5.74) is 1.33. The molecule has 0 aliphatic carbocycles. The van der Waals surface area contributed by atoms with Crippen LogP contribution in [0.2, 0.25) is 0 Å². The van der Waals surface area contributed by atoms with Crippen molar-refractivity contribution in [3.8, 4) is 0 Å². The normalized spacial score (nSPS) is 13.6. The lowest BCUT2D eigenvalue weighted by molar-refractivity contribution is -0.685. The predicted molar refractivity (Wildman–Crippen MR) is 72.1 cm³/mol. The van der Waals surface area contributed by atoms with Crippen LogP contribution in [0.1, 0.15) is 31.7 Å². The van der Waals surface area contributed by atoms with Crippen LogP contribution in [0, 0.1) is 0 Å². The molecule has 0 amide bonds. The van der Waals surface area contributed by atoms with Gasteiger partial charge in [-0.3, -0.25) is 0 Å². The summed E-state index contributed by atoms with van der Waals surface area (Å²) in [7, 11) is 2.35. The average molecular weight is 270 g/mol. The van der Waals surface area contributed by atoms with Crippen molar-refractivity contribution in [1.82, 2.24) is 0 Å². The number of hydrogen-bond donors (Lipinski definition) is 0. The Bertz CT molecular complexity index is 361. The van der Waals surface area contributed by atoms with Gasteiger partial charge in [0.2, 0.25) is 6.17 Å². The summed E-state index contributed by atoms with van der Waals surface area (Å²) >= 11 is 0. The molecule has 0 aromatic carbocycles. The Balaban J connectivity index is 2.90. The lowest BCUT2D eigenvalue weighted by atomic mass is 10.0. The van der Waals surface area contributed by atoms with E-state index in [2.05, 4.69) is 36.7 Å². The molecule has 1 aromatic heterocycles. The first-order valence-corrected chi connectivity index (χ1v) is 8.18. The Morgan fingerprint density at radius 3 is 2.33 bits per heavy atom. The Morgan fingerprint density at radius 1 is 1.22 bits per heavy atom. The molecule has 0 fully saturated rings. The van der Waals surface area contributed by atoms with E-state index in [0.717, 1.165) is 6.42 Å². The zero-order valence-electron chi connectivity index (χ0n) is 12.0. The smallest absolute Gasteiger partial charge is 0.373 e. The van der Waals surface area contributed by atoms with Crippen LogP contribution in [-0.2, 0) is 19.4 Å². The molecule has 1 aromatic rings. The lowest BCUT2D eigenvalue weighted by Gasteiger charge is -2.21. The molecule has 102 valence electrons. The molecule has 0 spiro atoms. The van der Waals surface area contributed by atoms with Gasteiger partial charge in [-0.1, -0.05) is 13.8 Å². The summed E-state index contributed by atoms with van der Waals surface area (Å²) < 4.78 is 18.4. The average Bonchev–Trinajstić information content (AvgIpc) is 2.44. The minimum atomic E-state index is -2.56. The Hall–Kier alpha value is -0.753. The predicted octanol–water partition coefficient (Wildman–Crippen LogP) is 1.90. The number of nitrogens with zero attached hydrogens (tertiary/aromatic N) is 1. The molecule has 18 heavy (non-hydrogen) atoms. The molecule has 0 bridgehead atoms. The van der Waals surface area contributed by atoms with Gasteiger partial charge in [-0.15, -0.1) is 0 Å². The van der Waals surface area contributed by atoms with Crippen molar-refractivity contribution >= 4 is 8.80 Å². The van der Waals surface area contributed by atoms with E-state index in [1.54, 1.807) is 21.3 Å².